The molecule has 0 atom stereocenters. The average molecular weight is 403 g/mol. The molecule has 2 fully saturated rings. The summed E-state index contributed by atoms with van der Waals surface area (Å²) in [6.07, 6.45) is 11.4. The summed E-state index contributed by atoms with van der Waals surface area (Å²) in [7, 11) is -3.23. The number of rotatable bonds is 11. The van der Waals surface area contributed by atoms with Gasteiger partial charge in [0.25, 0.3) is 0 Å². The highest BCUT2D eigenvalue weighted by molar-refractivity contribution is 7.89. The van der Waals surface area contributed by atoms with Crippen LogP contribution in [0.15, 0.2) is 4.99 Å². The van der Waals surface area contributed by atoms with Crippen molar-refractivity contribution in [2.75, 3.05) is 38.5 Å². The lowest BCUT2D eigenvalue weighted by Crippen LogP contribution is -2.42. The maximum atomic E-state index is 12.0. The van der Waals surface area contributed by atoms with Crippen molar-refractivity contribution < 1.29 is 13.2 Å². The van der Waals surface area contributed by atoms with Crippen molar-refractivity contribution in [2.45, 2.75) is 70.8 Å². The van der Waals surface area contributed by atoms with E-state index in [9.17, 15) is 8.42 Å². The Morgan fingerprint density at radius 1 is 1.04 bits per heavy atom. The quantitative estimate of drug-likeness (QED) is 0.213. The fourth-order valence-corrected chi connectivity index (χ4v) is 4.45. The zero-order chi connectivity index (χ0) is 19.4. The highest BCUT2D eigenvalue weighted by atomic mass is 32.2. The van der Waals surface area contributed by atoms with Crippen molar-refractivity contribution in [3.8, 4) is 0 Å². The molecule has 0 unspecified atom stereocenters. The van der Waals surface area contributed by atoms with Crippen LogP contribution in [0.1, 0.15) is 64.7 Å². The predicted molar refractivity (Wildman–Crippen MR) is 111 cm³/mol. The molecule has 0 bridgehead atoms. The van der Waals surface area contributed by atoms with E-state index in [1.54, 1.807) is 0 Å². The first-order chi connectivity index (χ1) is 13.1. The molecule has 0 radical (unpaired) electrons. The molecule has 0 aromatic rings. The summed E-state index contributed by atoms with van der Waals surface area (Å²) in [5.74, 6) is 1.24. The van der Waals surface area contributed by atoms with Crippen molar-refractivity contribution in [3.63, 3.8) is 0 Å². The van der Waals surface area contributed by atoms with Gasteiger partial charge < -0.3 is 15.4 Å². The molecule has 2 rings (SSSR count). The summed E-state index contributed by atoms with van der Waals surface area (Å²) in [6.45, 7) is 4.85. The molecule has 0 amide bonds. The van der Waals surface area contributed by atoms with E-state index < -0.39 is 10.0 Å². The highest BCUT2D eigenvalue weighted by Crippen LogP contribution is 2.25. The Balaban J connectivity index is 1.63. The van der Waals surface area contributed by atoms with Crippen molar-refractivity contribution >= 4 is 16.0 Å². The Kier molecular flexibility index (Phi) is 10.4. The van der Waals surface area contributed by atoms with Crippen LogP contribution in [-0.2, 0) is 14.8 Å². The van der Waals surface area contributed by atoms with Gasteiger partial charge in [-0.05, 0) is 38.5 Å². The summed E-state index contributed by atoms with van der Waals surface area (Å²) >= 11 is 0. The smallest absolute Gasteiger partial charge is 0.213 e. The number of aliphatic imine (C=N–C) groups is 1. The van der Waals surface area contributed by atoms with Crippen molar-refractivity contribution in [3.05, 3.63) is 0 Å². The van der Waals surface area contributed by atoms with Gasteiger partial charge in [-0.15, -0.1) is 0 Å². The number of nitrogens with zero attached hydrogens (tertiary/aromatic N) is 1. The van der Waals surface area contributed by atoms with Crippen molar-refractivity contribution in [1.29, 1.82) is 0 Å². The fraction of sp³-hybridized carbons (Fsp3) is 0.947. The molecule has 0 aromatic heterocycles. The maximum Gasteiger partial charge on any atom is 0.213 e. The Hall–Kier alpha value is -0.860. The van der Waals surface area contributed by atoms with Gasteiger partial charge in [-0.25, -0.2) is 13.1 Å². The number of guanidine groups is 1. The summed E-state index contributed by atoms with van der Waals surface area (Å²) in [5, 5.41) is 6.26. The number of ether oxygens (including phenoxy) is 1. The molecule has 7 nitrogen and oxygen atoms in total. The van der Waals surface area contributed by atoms with Gasteiger partial charge in [0.15, 0.2) is 5.96 Å². The molecule has 3 N–H and O–H groups in total. The van der Waals surface area contributed by atoms with Crippen LogP contribution in [0.2, 0.25) is 0 Å². The van der Waals surface area contributed by atoms with Gasteiger partial charge in [0, 0.05) is 19.6 Å². The van der Waals surface area contributed by atoms with E-state index in [-0.39, 0.29) is 5.75 Å². The SMILES string of the molecule is CCNC(=NCCOC1CCCCCC1)NCCS(=O)(=O)NCC1CCC1. The van der Waals surface area contributed by atoms with Gasteiger partial charge in [-0.1, -0.05) is 32.1 Å². The van der Waals surface area contributed by atoms with E-state index in [1.165, 1.54) is 32.1 Å². The summed E-state index contributed by atoms with van der Waals surface area (Å²) < 4.78 is 32.8. The molecule has 0 heterocycles. The molecule has 0 aromatic carbocycles. The first-order valence-electron chi connectivity index (χ1n) is 10.7. The second-order valence-electron chi connectivity index (χ2n) is 7.64. The molecule has 27 heavy (non-hydrogen) atoms. The Bertz CT molecular complexity index is 527. The zero-order valence-electron chi connectivity index (χ0n) is 16.8. The lowest BCUT2D eigenvalue weighted by Gasteiger charge is -2.25. The molecule has 0 spiro atoms. The minimum atomic E-state index is -3.23. The molecule has 0 aliphatic heterocycles. The molecule has 8 heteroatoms. The van der Waals surface area contributed by atoms with E-state index in [4.69, 9.17) is 4.74 Å². The molecule has 158 valence electrons. The standard InChI is InChI=1S/C19H38N4O3S/c1-2-20-19(21-12-14-26-18-10-5-3-4-6-11-18)22-13-15-27(24,25)23-16-17-8-7-9-17/h17-18,23H,2-16H2,1H3,(H2,20,21,22). The predicted octanol–water partition coefficient (Wildman–Crippen LogP) is 2.00. The van der Waals surface area contributed by atoms with E-state index in [2.05, 4.69) is 20.3 Å². The topological polar surface area (TPSA) is 91.8 Å². The van der Waals surface area contributed by atoms with Crippen LogP contribution in [0.25, 0.3) is 0 Å². The summed E-state index contributed by atoms with van der Waals surface area (Å²) in [6, 6.07) is 0. The molecule has 2 aliphatic rings. The fourth-order valence-electron chi connectivity index (χ4n) is 3.44. The lowest BCUT2D eigenvalue weighted by molar-refractivity contribution is 0.0487. The number of hydrogen-bond donors (Lipinski definition) is 3. The first kappa shape index (κ1) is 22.4. The summed E-state index contributed by atoms with van der Waals surface area (Å²) in [5.41, 5.74) is 0. The second-order valence-corrected chi connectivity index (χ2v) is 9.56. The van der Waals surface area contributed by atoms with E-state index >= 15 is 0 Å². The van der Waals surface area contributed by atoms with Crippen molar-refractivity contribution in [1.82, 2.24) is 15.4 Å². The van der Waals surface area contributed by atoms with Gasteiger partial charge in [-0.2, -0.15) is 0 Å². The van der Waals surface area contributed by atoms with Crippen LogP contribution in [0.3, 0.4) is 0 Å². The molecular weight excluding hydrogens is 364 g/mol. The third kappa shape index (κ3) is 9.76. The van der Waals surface area contributed by atoms with Crippen LogP contribution in [0, 0.1) is 5.92 Å². The molecule has 2 aliphatic carbocycles. The van der Waals surface area contributed by atoms with Gasteiger partial charge in [0.1, 0.15) is 0 Å². The van der Waals surface area contributed by atoms with Crippen LogP contribution >= 0.6 is 0 Å². The Morgan fingerprint density at radius 2 is 1.78 bits per heavy atom. The Morgan fingerprint density at radius 3 is 2.41 bits per heavy atom. The lowest BCUT2D eigenvalue weighted by atomic mass is 9.86. The average Bonchev–Trinajstić information content (AvgIpc) is 2.86. The minimum absolute atomic E-state index is 0.0582. The normalized spacial score (nSPS) is 20.1. The van der Waals surface area contributed by atoms with E-state index in [1.807, 2.05) is 6.92 Å². The second kappa shape index (κ2) is 12.6. The van der Waals surface area contributed by atoms with Gasteiger partial charge in [-0.3, -0.25) is 4.99 Å². The maximum absolute atomic E-state index is 12.0. The van der Waals surface area contributed by atoms with Crippen molar-refractivity contribution in [2.24, 2.45) is 10.9 Å². The number of hydrogen-bond acceptors (Lipinski definition) is 4. The summed E-state index contributed by atoms with van der Waals surface area (Å²) in [4.78, 5) is 4.49. The van der Waals surface area contributed by atoms with Crippen LogP contribution in [0.4, 0.5) is 0 Å². The largest absolute Gasteiger partial charge is 0.376 e. The van der Waals surface area contributed by atoms with Crippen LogP contribution < -0.4 is 15.4 Å². The minimum Gasteiger partial charge on any atom is -0.376 e. The number of nitrogens with one attached hydrogen (secondary N) is 3. The Labute approximate surface area is 165 Å². The third-order valence-corrected chi connectivity index (χ3v) is 6.69. The first-order valence-corrected chi connectivity index (χ1v) is 12.4. The molecule has 2 saturated carbocycles. The van der Waals surface area contributed by atoms with Gasteiger partial charge >= 0.3 is 0 Å². The van der Waals surface area contributed by atoms with Crippen LogP contribution in [-0.4, -0.2) is 59.0 Å². The molecular formula is C19H38N4O3S. The van der Waals surface area contributed by atoms with Gasteiger partial charge in [0.2, 0.25) is 10.0 Å². The third-order valence-electron chi connectivity index (χ3n) is 5.34. The monoisotopic (exact) mass is 402 g/mol. The molecule has 0 saturated heterocycles. The highest BCUT2D eigenvalue weighted by Gasteiger charge is 2.20. The van der Waals surface area contributed by atoms with Gasteiger partial charge in [0.05, 0.1) is 25.0 Å². The van der Waals surface area contributed by atoms with Crippen LogP contribution in [0.5, 0.6) is 0 Å². The van der Waals surface area contributed by atoms with E-state index in [0.29, 0.717) is 44.2 Å². The van der Waals surface area contributed by atoms with E-state index in [0.717, 1.165) is 32.2 Å². The zero-order valence-corrected chi connectivity index (χ0v) is 17.7. The number of sulfonamides is 1.